The lowest BCUT2D eigenvalue weighted by molar-refractivity contribution is -0.136. The molecule has 1 aromatic carbocycles. The molecule has 0 bridgehead atoms. The van der Waals surface area contributed by atoms with E-state index in [0.29, 0.717) is 30.5 Å². The van der Waals surface area contributed by atoms with E-state index in [2.05, 4.69) is 0 Å². The van der Waals surface area contributed by atoms with Crippen LogP contribution in [-0.4, -0.2) is 72.4 Å². The van der Waals surface area contributed by atoms with Gasteiger partial charge in [0.15, 0.2) is 0 Å². The zero-order chi connectivity index (χ0) is 17.7. The number of ether oxygens (including phenoxy) is 1. The minimum Gasteiger partial charge on any atom is -0.492 e. The van der Waals surface area contributed by atoms with Crippen LogP contribution in [0.15, 0.2) is 24.3 Å². The molecule has 0 aromatic heterocycles. The maximum absolute atomic E-state index is 12.3. The first-order valence-electron chi connectivity index (χ1n) is 7.64. The van der Waals surface area contributed by atoms with Gasteiger partial charge in [0, 0.05) is 18.6 Å². The number of halogens is 1. The van der Waals surface area contributed by atoms with E-state index in [1.54, 1.807) is 29.2 Å². The number of hydrogen-bond donors (Lipinski definition) is 0. The van der Waals surface area contributed by atoms with Crippen LogP contribution < -0.4 is 4.74 Å². The van der Waals surface area contributed by atoms with Crippen LogP contribution in [0.3, 0.4) is 0 Å². The lowest BCUT2D eigenvalue weighted by Crippen LogP contribution is -2.44. The van der Waals surface area contributed by atoms with E-state index in [-0.39, 0.29) is 24.9 Å². The van der Waals surface area contributed by atoms with Crippen LogP contribution in [0.25, 0.3) is 0 Å². The molecule has 24 heavy (non-hydrogen) atoms. The van der Waals surface area contributed by atoms with E-state index < -0.39 is 6.03 Å². The van der Waals surface area contributed by atoms with Gasteiger partial charge in [0.1, 0.15) is 25.4 Å². The van der Waals surface area contributed by atoms with E-state index in [1.165, 1.54) is 11.9 Å². The fourth-order valence-electron chi connectivity index (χ4n) is 2.35. The van der Waals surface area contributed by atoms with Crippen molar-refractivity contribution in [2.45, 2.75) is 6.92 Å². The van der Waals surface area contributed by atoms with Crippen LogP contribution in [0.2, 0.25) is 5.02 Å². The van der Waals surface area contributed by atoms with Gasteiger partial charge in [0.05, 0.1) is 6.54 Å². The zero-order valence-corrected chi connectivity index (χ0v) is 14.5. The highest BCUT2D eigenvalue weighted by Crippen LogP contribution is 2.17. The van der Waals surface area contributed by atoms with Crippen molar-refractivity contribution >= 4 is 29.4 Å². The standard InChI is InChI=1S/C16H20ClN3O4/c1-3-19(7-8-24-13-6-4-5-12(17)9-13)14(21)11-20-15(22)10-18(2)16(20)23/h4-6,9H,3,7-8,10-11H2,1-2H3. The van der Waals surface area contributed by atoms with E-state index in [9.17, 15) is 14.4 Å². The number of carbonyl (C=O) groups is 3. The Hall–Kier alpha value is -2.28. The second-order valence-corrected chi connectivity index (χ2v) is 5.83. The van der Waals surface area contributed by atoms with Crippen molar-refractivity contribution in [3.05, 3.63) is 29.3 Å². The van der Waals surface area contributed by atoms with Crippen LogP contribution in [-0.2, 0) is 9.59 Å². The molecule has 1 fully saturated rings. The van der Waals surface area contributed by atoms with E-state index >= 15 is 0 Å². The summed E-state index contributed by atoms with van der Waals surface area (Å²) in [6, 6.07) is 6.55. The summed E-state index contributed by atoms with van der Waals surface area (Å²) in [7, 11) is 1.53. The topological polar surface area (TPSA) is 70.2 Å². The number of hydrogen-bond acceptors (Lipinski definition) is 4. The maximum Gasteiger partial charge on any atom is 0.327 e. The second kappa shape index (κ2) is 8.01. The first-order chi connectivity index (χ1) is 11.4. The maximum atomic E-state index is 12.3. The highest BCUT2D eigenvalue weighted by Gasteiger charge is 2.35. The van der Waals surface area contributed by atoms with E-state index in [4.69, 9.17) is 16.3 Å². The molecule has 0 unspecified atom stereocenters. The van der Waals surface area contributed by atoms with Crippen molar-refractivity contribution in [3.8, 4) is 5.75 Å². The largest absolute Gasteiger partial charge is 0.492 e. The van der Waals surface area contributed by atoms with Gasteiger partial charge >= 0.3 is 6.03 Å². The fourth-order valence-corrected chi connectivity index (χ4v) is 2.53. The smallest absolute Gasteiger partial charge is 0.327 e. The van der Waals surface area contributed by atoms with Crippen LogP contribution >= 0.6 is 11.6 Å². The summed E-state index contributed by atoms with van der Waals surface area (Å²) in [4.78, 5) is 39.7. The molecule has 0 saturated carbocycles. The monoisotopic (exact) mass is 353 g/mol. The highest BCUT2D eigenvalue weighted by molar-refractivity contribution is 6.30. The lowest BCUT2D eigenvalue weighted by atomic mass is 10.3. The predicted octanol–water partition coefficient (Wildman–Crippen LogP) is 1.46. The molecule has 0 radical (unpaired) electrons. The number of likely N-dealkylation sites (N-methyl/N-ethyl adjacent to an activating group) is 2. The molecule has 4 amide bonds. The van der Waals surface area contributed by atoms with Crippen LogP contribution in [0, 0.1) is 0 Å². The molecule has 0 atom stereocenters. The van der Waals surface area contributed by atoms with Gasteiger partial charge in [-0.05, 0) is 25.1 Å². The van der Waals surface area contributed by atoms with Crippen molar-refractivity contribution in [2.24, 2.45) is 0 Å². The molecule has 0 aliphatic carbocycles. The van der Waals surface area contributed by atoms with Crippen molar-refractivity contribution in [1.29, 1.82) is 0 Å². The quantitative estimate of drug-likeness (QED) is 0.696. The molecular weight excluding hydrogens is 334 g/mol. The molecule has 1 aromatic rings. The van der Waals surface area contributed by atoms with Crippen molar-refractivity contribution in [2.75, 3.05) is 39.8 Å². The number of urea groups is 1. The summed E-state index contributed by atoms with van der Waals surface area (Å²) in [5.41, 5.74) is 0. The predicted molar refractivity (Wildman–Crippen MR) is 88.9 cm³/mol. The summed E-state index contributed by atoms with van der Waals surface area (Å²) in [5.74, 6) is -0.0243. The average molecular weight is 354 g/mol. The molecule has 130 valence electrons. The number of nitrogens with zero attached hydrogens (tertiary/aromatic N) is 3. The molecule has 1 saturated heterocycles. The molecule has 2 rings (SSSR count). The molecule has 7 nitrogen and oxygen atoms in total. The summed E-state index contributed by atoms with van der Waals surface area (Å²) < 4.78 is 5.56. The van der Waals surface area contributed by atoms with Gasteiger partial charge < -0.3 is 14.5 Å². The Morgan fingerprint density at radius 2 is 2.12 bits per heavy atom. The van der Waals surface area contributed by atoms with Crippen LogP contribution in [0.5, 0.6) is 5.75 Å². The third-order valence-electron chi connectivity index (χ3n) is 3.68. The van der Waals surface area contributed by atoms with Crippen LogP contribution in [0.1, 0.15) is 6.92 Å². The molecular formula is C16H20ClN3O4. The van der Waals surface area contributed by atoms with Crippen LogP contribution in [0.4, 0.5) is 4.79 Å². The molecule has 0 N–H and O–H groups in total. The Morgan fingerprint density at radius 3 is 2.71 bits per heavy atom. The lowest BCUT2D eigenvalue weighted by Gasteiger charge is -2.23. The van der Waals surface area contributed by atoms with Gasteiger partial charge in [-0.2, -0.15) is 0 Å². The first kappa shape index (κ1) is 18.1. The Labute approximate surface area is 145 Å². The average Bonchev–Trinajstić information content (AvgIpc) is 2.78. The van der Waals surface area contributed by atoms with Crippen molar-refractivity contribution < 1.29 is 19.1 Å². The molecule has 1 aliphatic heterocycles. The third-order valence-corrected chi connectivity index (χ3v) is 3.92. The number of rotatable bonds is 7. The van der Waals surface area contributed by atoms with Gasteiger partial charge in [0.2, 0.25) is 5.91 Å². The number of imide groups is 1. The molecule has 1 aliphatic rings. The SMILES string of the molecule is CCN(CCOc1cccc(Cl)c1)C(=O)CN1C(=O)CN(C)C1=O. The fraction of sp³-hybridized carbons (Fsp3) is 0.438. The molecule has 8 heteroatoms. The number of benzene rings is 1. The van der Waals surface area contributed by atoms with Gasteiger partial charge in [-0.1, -0.05) is 17.7 Å². The zero-order valence-electron chi connectivity index (χ0n) is 13.7. The van der Waals surface area contributed by atoms with Gasteiger partial charge in [-0.15, -0.1) is 0 Å². The summed E-state index contributed by atoms with van der Waals surface area (Å²) in [5, 5.41) is 0.575. The minimum absolute atomic E-state index is 0.0100. The Morgan fingerprint density at radius 1 is 1.38 bits per heavy atom. The van der Waals surface area contributed by atoms with E-state index in [1.807, 2.05) is 6.92 Å². The molecule has 0 spiro atoms. The number of amides is 4. The highest BCUT2D eigenvalue weighted by atomic mass is 35.5. The number of carbonyl (C=O) groups excluding carboxylic acids is 3. The Bertz CT molecular complexity index is 638. The summed E-state index contributed by atoms with van der Waals surface area (Å²) in [6.07, 6.45) is 0. The van der Waals surface area contributed by atoms with Gasteiger partial charge in [-0.3, -0.25) is 14.5 Å². The summed E-state index contributed by atoms with van der Waals surface area (Å²) in [6.45, 7) is 2.71. The normalized spacial score (nSPS) is 14.3. The third kappa shape index (κ3) is 4.38. The molecule has 1 heterocycles. The Kier molecular flexibility index (Phi) is 6.03. The minimum atomic E-state index is -0.445. The Balaban J connectivity index is 1.85. The first-order valence-corrected chi connectivity index (χ1v) is 8.01. The van der Waals surface area contributed by atoms with Gasteiger partial charge in [0.25, 0.3) is 5.91 Å². The summed E-state index contributed by atoms with van der Waals surface area (Å²) >= 11 is 5.88. The van der Waals surface area contributed by atoms with Gasteiger partial charge in [-0.25, -0.2) is 4.79 Å². The van der Waals surface area contributed by atoms with Crippen molar-refractivity contribution in [1.82, 2.24) is 14.7 Å². The van der Waals surface area contributed by atoms with E-state index in [0.717, 1.165) is 4.90 Å². The second-order valence-electron chi connectivity index (χ2n) is 5.40. The van der Waals surface area contributed by atoms with Crippen molar-refractivity contribution in [3.63, 3.8) is 0 Å².